The molecule has 0 amide bonds. The van der Waals surface area contributed by atoms with Gasteiger partial charge < -0.3 is 10.1 Å². The molecule has 0 radical (unpaired) electrons. The number of benzene rings is 3. The molecule has 0 fully saturated rings. The molecule has 0 saturated carbocycles. The molecule has 1 N–H and O–H groups in total. The predicted molar refractivity (Wildman–Crippen MR) is 145 cm³/mol. The number of nitrogens with one attached hydrogen (secondary N) is 1. The van der Waals surface area contributed by atoms with Gasteiger partial charge in [-0.2, -0.15) is 5.26 Å². The highest BCUT2D eigenvalue weighted by molar-refractivity contribution is 5.80. The van der Waals surface area contributed by atoms with Crippen molar-refractivity contribution in [1.82, 2.24) is 9.97 Å². The normalized spacial score (nSPS) is 11.8. The van der Waals surface area contributed by atoms with Crippen LogP contribution in [0.15, 0.2) is 91.1 Å². The van der Waals surface area contributed by atoms with Crippen LogP contribution in [-0.2, 0) is 22.4 Å². The summed E-state index contributed by atoms with van der Waals surface area (Å²) in [5.74, 6) is 0.130. The number of ether oxygens (including phenoxy) is 1. The summed E-state index contributed by atoms with van der Waals surface area (Å²) in [6, 6.07) is 28.6. The van der Waals surface area contributed by atoms with Crippen LogP contribution >= 0.6 is 0 Å². The van der Waals surface area contributed by atoms with Gasteiger partial charge in [0.2, 0.25) is 0 Å². The Morgan fingerprint density at radius 3 is 2.32 bits per heavy atom. The second kappa shape index (κ2) is 11.5. The molecule has 4 aromatic rings. The Morgan fingerprint density at radius 1 is 0.973 bits per heavy atom. The van der Waals surface area contributed by atoms with E-state index in [-0.39, 0.29) is 0 Å². The number of carbonyl (C=O) groups is 1. The monoisotopic (exact) mass is 490 g/mol. The van der Waals surface area contributed by atoms with Gasteiger partial charge in [0.05, 0.1) is 29.2 Å². The highest BCUT2D eigenvalue weighted by Crippen LogP contribution is 2.23. The van der Waals surface area contributed by atoms with Crippen molar-refractivity contribution in [2.45, 2.75) is 45.3 Å². The van der Waals surface area contributed by atoms with Crippen molar-refractivity contribution < 1.29 is 9.53 Å². The van der Waals surface area contributed by atoms with E-state index in [1.165, 1.54) is 0 Å². The fourth-order valence-corrected chi connectivity index (χ4v) is 3.94. The van der Waals surface area contributed by atoms with Crippen molar-refractivity contribution in [3.63, 3.8) is 0 Å². The first-order chi connectivity index (χ1) is 17.8. The first-order valence-corrected chi connectivity index (χ1v) is 12.2. The molecule has 1 atom stereocenters. The average molecular weight is 491 g/mol. The molecule has 6 heteroatoms. The quantitative estimate of drug-likeness (QED) is 0.306. The molecule has 0 saturated heterocycles. The Balaban J connectivity index is 1.71. The summed E-state index contributed by atoms with van der Waals surface area (Å²) >= 11 is 0. The van der Waals surface area contributed by atoms with Crippen LogP contribution in [0.25, 0.3) is 11.3 Å². The number of hydrogen-bond donors (Lipinski definition) is 1. The van der Waals surface area contributed by atoms with Gasteiger partial charge in [-0.1, -0.05) is 72.8 Å². The minimum Gasteiger partial charge on any atom is -0.458 e. The van der Waals surface area contributed by atoms with Gasteiger partial charge >= 0.3 is 5.97 Å². The van der Waals surface area contributed by atoms with E-state index in [0.717, 1.165) is 28.1 Å². The lowest BCUT2D eigenvalue weighted by Gasteiger charge is -2.25. The summed E-state index contributed by atoms with van der Waals surface area (Å²) in [5, 5.41) is 12.6. The third-order valence-electron chi connectivity index (χ3n) is 5.63. The third-order valence-corrected chi connectivity index (χ3v) is 5.63. The largest absolute Gasteiger partial charge is 0.458 e. The number of hydrogen-bond acceptors (Lipinski definition) is 6. The van der Waals surface area contributed by atoms with E-state index in [0.29, 0.717) is 24.2 Å². The zero-order chi connectivity index (χ0) is 26.3. The highest BCUT2D eigenvalue weighted by atomic mass is 16.6. The minimum absolute atomic E-state index is 0.331. The maximum absolute atomic E-state index is 13.3. The number of rotatable bonds is 8. The van der Waals surface area contributed by atoms with Crippen LogP contribution in [-0.4, -0.2) is 27.6 Å². The van der Waals surface area contributed by atoms with Gasteiger partial charge in [-0.15, -0.1) is 0 Å². The lowest BCUT2D eigenvalue weighted by Crippen LogP contribution is -2.38. The Bertz CT molecular complexity index is 1390. The zero-order valence-corrected chi connectivity index (χ0v) is 21.3. The van der Waals surface area contributed by atoms with E-state index in [2.05, 4.69) is 11.4 Å². The van der Waals surface area contributed by atoms with Crippen molar-refractivity contribution in [1.29, 1.82) is 5.26 Å². The lowest BCUT2D eigenvalue weighted by atomic mass is 10.0. The number of nitrogens with zero attached hydrogens (tertiary/aromatic N) is 3. The summed E-state index contributed by atoms with van der Waals surface area (Å²) in [6.45, 7) is 5.52. The molecule has 0 aliphatic heterocycles. The van der Waals surface area contributed by atoms with E-state index in [1.807, 2.05) is 93.6 Å². The summed E-state index contributed by atoms with van der Waals surface area (Å²) < 4.78 is 5.74. The maximum atomic E-state index is 13.3. The summed E-state index contributed by atoms with van der Waals surface area (Å²) in [7, 11) is 0. The number of aromatic nitrogens is 2. The van der Waals surface area contributed by atoms with Crippen LogP contribution in [0.1, 0.15) is 43.2 Å². The van der Waals surface area contributed by atoms with E-state index < -0.39 is 17.6 Å². The first kappa shape index (κ1) is 25.6. The molecule has 0 bridgehead atoms. The number of carbonyl (C=O) groups excluding carboxylic acids is 1. The molecule has 1 heterocycles. The molecular weight excluding hydrogens is 460 g/mol. The molecule has 37 heavy (non-hydrogen) atoms. The van der Waals surface area contributed by atoms with E-state index >= 15 is 0 Å². The standard InChI is InChI=1S/C31H30N4O2/c1-31(2,3)37-30(36)27(19-23-13-10-14-24(17-23)20-32)35-29-26(18-22-11-6-4-7-12-22)34-28(21-33-29)25-15-8-5-9-16-25/h4-17,21,27H,18-19H2,1-3H3,(H,33,35). The van der Waals surface area contributed by atoms with E-state index in [1.54, 1.807) is 18.3 Å². The molecule has 186 valence electrons. The van der Waals surface area contributed by atoms with Gasteiger partial charge in [0.15, 0.2) is 0 Å². The molecule has 0 aliphatic carbocycles. The molecule has 0 spiro atoms. The third kappa shape index (κ3) is 7.25. The van der Waals surface area contributed by atoms with Gasteiger partial charge in [0, 0.05) is 18.4 Å². The topological polar surface area (TPSA) is 87.9 Å². The summed E-state index contributed by atoms with van der Waals surface area (Å²) in [6.07, 6.45) is 2.59. The molecule has 3 aromatic carbocycles. The second-order valence-electron chi connectivity index (χ2n) is 9.83. The number of nitriles is 1. The van der Waals surface area contributed by atoms with Crippen molar-refractivity contribution in [2.75, 3.05) is 5.32 Å². The second-order valence-corrected chi connectivity index (χ2v) is 9.83. The Hall–Kier alpha value is -4.50. The van der Waals surface area contributed by atoms with Gasteiger partial charge in [-0.25, -0.2) is 14.8 Å². The van der Waals surface area contributed by atoms with Crippen LogP contribution < -0.4 is 5.32 Å². The highest BCUT2D eigenvalue weighted by Gasteiger charge is 2.27. The molecule has 0 aliphatic rings. The van der Waals surface area contributed by atoms with Crippen molar-refractivity contribution in [3.05, 3.63) is 114 Å². The van der Waals surface area contributed by atoms with Crippen molar-refractivity contribution in [2.24, 2.45) is 0 Å². The zero-order valence-electron chi connectivity index (χ0n) is 21.3. The van der Waals surface area contributed by atoms with Crippen LogP contribution in [0.3, 0.4) is 0 Å². The van der Waals surface area contributed by atoms with Crippen LogP contribution in [0.5, 0.6) is 0 Å². The van der Waals surface area contributed by atoms with Crippen LogP contribution in [0.4, 0.5) is 5.82 Å². The Morgan fingerprint density at radius 2 is 1.65 bits per heavy atom. The summed E-state index contributed by atoms with van der Waals surface area (Å²) in [5.41, 5.74) is 4.27. The minimum atomic E-state index is -0.723. The van der Waals surface area contributed by atoms with Gasteiger partial charge in [-0.3, -0.25) is 0 Å². The molecule has 6 nitrogen and oxygen atoms in total. The van der Waals surface area contributed by atoms with Gasteiger partial charge in [0.1, 0.15) is 17.5 Å². The summed E-state index contributed by atoms with van der Waals surface area (Å²) in [4.78, 5) is 22.9. The first-order valence-electron chi connectivity index (χ1n) is 12.2. The maximum Gasteiger partial charge on any atom is 0.329 e. The fraction of sp³-hybridized carbons (Fsp3) is 0.226. The molecular formula is C31H30N4O2. The molecule has 1 unspecified atom stereocenters. The van der Waals surface area contributed by atoms with Crippen LogP contribution in [0, 0.1) is 11.3 Å². The SMILES string of the molecule is CC(C)(C)OC(=O)C(Cc1cccc(C#N)c1)Nc1ncc(-c2ccccc2)nc1Cc1ccccc1. The van der Waals surface area contributed by atoms with Gasteiger partial charge in [0.25, 0.3) is 0 Å². The van der Waals surface area contributed by atoms with Crippen molar-refractivity contribution >= 4 is 11.8 Å². The molecule has 1 aromatic heterocycles. The predicted octanol–water partition coefficient (Wildman–Crippen LogP) is 5.97. The van der Waals surface area contributed by atoms with E-state index in [4.69, 9.17) is 14.7 Å². The fourth-order valence-electron chi connectivity index (χ4n) is 3.94. The Labute approximate surface area is 218 Å². The molecule has 4 rings (SSSR count). The smallest absolute Gasteiger partial charge is 0.329 e. The van der Waals surface area contributed by atoms with Crippen molar-refractivity contribution in [3.8, 4) is 17.3 Å². The Kier molecular flexibility index (Phi) is 7.95. The number of anilines is 1. The average Bonchev–Trinajstić information content (AvgIpc) is 2.89. The van der Waals surface area contributed by atoms with Crippen LogP contribution in [0.2, 0.25) is 0 Å². The van der Waals surface area contributed by atoms with Gasteiger partial charge in [-0.05, 0) is 44.0 Å². The lowest BCUT2D eigenvalue weighted by molar-refractivity contribution is -0.155. The van der Waals surface area contributed by atoms with E-state index in [9.17, 15) is 10.1 Å². The number of esters is 1.